The third-order valence-corrected chi connectivity index (χ3v) is 3.86. The van der Waals surface area contributed by atoms with Crippen LogP contribution in [-0.4, -0.2) is 9.78 Å². The van der Waals surface area contributed by atoms with Crippen molar-refractivity contribution < 1.29 is 17.0 Å². The highest BCUT2D eigenvalue weighted by molar-refractivity contribution is 6.33. The number of azo groups is 1. The van der Waals surface area contributed by atoms with Gasteiger partial charge in [0.25, 0.3) is 0 Å². The van der Waals surface area contributed by atoms with E-state index in [9.17, 15) is 0 Å². The van der Waals surface area contributed by atoms with Crippen LogP contribution in [0.1, 0.15) is 11.1 Å². The number of nitrogens with zero attached hydrogens (tertiary/aromatic N) is 5. The van der Waals surface area contributed by atoms with Crippen molar-refractivity contribution in [2.75, 3.05) is 5.73 Å². The molecule has 3 rings (SSSR count). The molecule has 0 saturated carbocycles. The van der Waals surface area contributed by atoms with Crippen LogP contribution in [0.2, 0.25) is 5.02 Å². The first-order valence-electron chi connectivity index (χ1n) is 7.46. The van der Waals surface area contributed by atoms with E-state index in [-0.39, 0.29) is 12.4 Å². The number of nitrogens with two attached hydrogens (primary N) is 1. The molecule has 0 aliphatic rings. The van der Waals surface area contributed by atoms with Crippen molar-refractivity contribution in [2.24, 2.45) is 17.3 Å². The number of hydrogen-bond donors (Lipinski definition) is 1. The second-order valence-corrected chi connectivity index (χ2v) is 6.01. The van der Waals surface area contributed by atoms with Crippen LogP contribution in [0.25, 0.3) is 0 Å². The lowest BCUT2D eigenvalue weighted by Gasteiger charge is -2.03. The van der Waals surface area contributed by atoms with Gasteiger partial charge in [-0.25, -0.2) is 9.25 Å². The summed E-state index contributed by atoms with van der Waals surface area (Å²) in [6, 6.07) is 9.61. The fourth-order valence-corrected chi connectivity index (χ4v) is 2.58. The van der Waals surface area contributed by atoms with Crippen LogP contribution in [0, 0.1) is 6.92 Å². The SMILES string of the molecule is Cc1ccc(N=Nc2cnn(Cc3ccc[n+](C)c3)c2N)c(Cl)c1.[Cl-]. The number of rotatable bonds is 4. The van der Waals surface area contributed by atoms with Crippen molar-refractivity contribution in [1.82, 2.24) is 9.78 Å². The summed E-state index contributed by atoms with van der Waals surface area (Å²) in [5.74, 6) is 0.466. The Morgan fingerprint density at radius 1 is 1.24 bits per heavy atom. The van der Waals surface area contributed by atoms with Gasteiger partial charge in [0, 0.05) is 11.6 Å². The zero-order chi connectivity index (χ0) is 17.1. The zero-order valence-electron chi connectivity index (χ0n) is 13.9. The van der Waals surface area contributed by atoms with E-state index in [1.165, 1.54) is 0 Å². The van der Waals surface area contributed by atoms with E-state index in [4.69, 9.17) is 17.3 Å². The topological polar surface area (TPSA) is 72.4 Å². The Bertz CT molecular complexity index is 904. The third kappa shape index (κ3) is 4.55. The number of nitrogen functional groups attached to an aromatic ring is 1. The Kier molecular flexibility index (Phi) is 6.12. The number of anilines is 1. The monoisotopic (exact) mass is 376 g/mol. The van der Waals surface area contributed by atoms with Gasteiger partial charge in [-0.2, -0.15) is 5.10 Å². The van der Waals surface area contributed by atoms with Gasteiger partial charge in [-0.3, -0.25) is 0 Å². The van der Waals surface area contributed by atoms with Crippen molar-refractivity contribution in [3.8, 4) is 0 Å². The molecule has 0 fully saturated rings. The first-order valence-corrected chi connectivity index (χ1v) is 7.84. The number of aromatic nitrogens is 3. The van der Waals surface area contributed by atoms with Crippen LogP contribution in [0.15, 0.2) is 59.2 Å². The minimum atomic E-state index is 0. The second-order valence-electron chi connectivity index (χ2n) is 5.61. The molecular weight excluding hydrogens is 359 g/mol. The molecule has 2 aromatic heterocycles. The summed E-state index contributed by atoms with van der Waals surface area (Å²) in [6.45, 7) is 2.54. The normalized spacial score (nSPS) is 10.8. The first-order chi connectivity index (χ1) is 11.5. The van der Waals surface area contributed by atoms with Crippen LogP contribution >= 0.6 is 11.6 Å². The number of aryl methyl sites for hydroxylation is 2. The molecule has 0 aliphatic heterocycles. The summed E-state index contributed by atoms with van der Waals surface area (Å²) in [5, 5.41) is 13.2. The van der Waals surface area contributed by atoms with E-state index in [2.05, 4.69) is 15.3 Å². The van der Waals surface area contributed by atoms with Crippen molar-refractivity contribution >= 4 is 28.8 Å². The van der Waals surface area contributed by atoms with E-state index in [1.807, 2.05) is 61.3 Å². The average molecular weight is 377 g/mol. The highest BCUT2D eigenvalue weighted by Crippen LogP contribution is 2.29. The lowest BCUT2D eigenvalue weighted by atomic mass is 10.2. The van der Waals surface area contributed by atoms with Gasteiger partial charge < -0.3 is 18.1 Å². The minimum Gasteiger partial charge on any atom is -1.00 e. The number of hydrogen-bond acceptors (Lipinski definition) is 4. The highest BCUT2D eigenvalue weighted by atomic mass is 35.5. The van der Waals surface area contributed by atoms with Gasteiger partial charge in [0.15, 0.2) is 12.4 Å². The molecule has 1 aromatic carbocycles. The Morgan fingerprint density at radius 2 is 2.00 bits per heavy atom. The maximum absolute atomic E-state index is 6.15. The molecule has 0 bridgehead atoms. The van der Waals surface area contributed by atoms with E-state index < -0.39 is 0 Å². The molecule has 6 nitrogen and oxygen atoms in total. The summed E-state index contributed by atoms with van der Waals surface area (Å²) >= 11 is 6.15. The Hall–Kier alpha value is -2.44. The molecule has 2 heterocycles. The van der Waals surface area contributed by atoms with Gasteiger partial charge in [-0.1, -0.05) is 17.7 Å². The van der Waals surface area contributed by atoms with Gasteiger partial charge in [0.2, 0.25) is 0 Å². The average Bonchev–Trinajstić information content (AvgIpc) is 2.87. The lowest BCUT2D eigenvalue weighted by molar-refractivity contribution is -0.671. The van der Waals surface area contributed by atoms with Crippen LogP contribution in [-0.2, 0) is 13.6 Å². The van der Waals surface area contributed by atoms with Gasteiger partial charge in [-0.15, -0.1) is 10.2 Å². The zero-order valence-corrected chi connectivity index (χ0v) is 15.4. The minimum absolute atomic E-state index is 0. The molecule has 25 heavy (non-hydrogen) atoms. The summed E-state index contributed by atoms with van der Waals surface area (Å²) in [5.41, 5.74) is 9.41. The second kappa shape index (κ2) is 8.09. The highest BCUT2D eigenvalue weighted by Gasteiger charge is 2.09. The van der Waals surface area contributed by atoms with Crippen molar-refractivity contribution in [2.45, 2.75) is 13.5 Å². The predicted molar refractivity (Wildman–Crippen MR) is 93.7 cm³/mol. The van der Waals surface area contributed by atoms with Gasteiger partial charge in [0.05, 0.1) is 17.8 Å². The van der Waals surface area contributed by atoms with Crippen LogP contribution in [0.3, 0.4) is 0 Å². The molecule has 2 N–H and O–H groups in total. The fourth-order valence-electron chi connectivity index (χ4n) is 2.31. The molecule has 8 heteroatoms. The first kappa shape index (κ1) is 18.9. The molecule has 130 valence electrons. The number of pyridine rings is 1. The molecular formula is C17H18Cl2N6. The van der Waals surface area contributed by atoms with Crippen LogP contribution < -0.4 is 22.7 Å². The molecule has 0 atom stereocenters. The Morgan fingerprint density at radius 3 is 2.72 bits per heavy atom. The summed E-state index contributed by atoms with van der Waals surface area (Å²) in [7, 11) is 1.97. The summed E-state index contributed by atoms with van der Waals surface area (Å²) in [6.07, 6.45) is 5.60. The van der Waals surface area contributed by atoms with E-state index in [0.717, 1.165) is 11.1 Å². The number of halogens is 2. The quantitative estimate of drug-likeness (QED) is 0.538. The molecule has 0 saturated heterocycles. The van der Waals surface area contributed by atoms with Gasteiger partial charge in [-0.05, 0) is 30.7 Å². The van der Waals surface area contributed by atoms with Crippen LogP contribution in [0.4, 0.5) is 17.2 Å². The maximum Gasteiger partial charge on any atom is 0.173 e. The van der Waals surface area contributed by atoms with E-state index in [0.29, 0.717) is 28.8 Å². The largest absolute Gasteiger partial charge is 1.00 e. The van der Waals surface area contributed by atoms with E-state index in [1.54, 1.807) is 10.9 Å². The third-order valence-electron chi connectivity index (χ3n) is 3.56. The number of benzene rings is 1. The Balaban J connectivity index is 0.00000225. The molecule has 0 spiro atoms. The van der Waals surface area contributed by atoms with Gasteiger partial charge in [0.1, 0.15) is 24.2 Å². The lowest BCUT2D eigenvalue weighted by Crippen LogP contribution is -3.00. The molecule has 0 aliphatic carbocycles. The van der Waals surface area contributed by atoms with Crippen LogP contribution in [0.5, 0.6) is 0 Å². The fraction of sp³-hybridized carbons (Fsp3) is 0.176. The van der Waals surface area contributed by atoms with Gasteiger partial charge >= 0.3 is 0 Å². The molecule has 0 amide bonds. The molecule has 0 radical (unpaired) electrons. The smallest absolute Gasteiger partial charge is 0.173 e. The summed E-state index contributed by atoms with van der Waals surface area (Å²) < 4.78 is 3.68. The van der Waals surface area contributed by atoms with Crippen molar-refractivity contribution in [1.29, 1.82) is 0 Å². The van der Waals surface area contributed by atoms with Crippen molar-refractivity contribution in [3.05, 3.63) is 65.1 Å². The predicted octanol–water partition coefficient (Wildman–Crippen LogP) is 0.719. The molecule has 0 unspecified atom stereocenters. The molecule has 3 aromatic rings. The van der Waals surface area contributed by atoms with Crippen molar-refractivity contribution in [3.63, 3.8) is 0 Å². The van der Waals surface area contributed by atoms with E-state index >= 15 is 0 Å². The standard InChI is InChI=1S/C17H18ClN6.ClH/c1-12-5-6-15(14(18)8-12)21-22-16-9-20-24(17(16)19)11-13-4-3-7-23(2)10-13;/h3-10H,11,19H2,1-2H3;1H/q+1;/p-1. The summed E-state index contributed by atoms with van der Waals surface area (Å²) in [4.78, 5) is 0. The maximum atomic E-state index is 6.15. The Labute approximate surface area is 157 Å².